The molecule has 0 bridgehead atoms. The van der Waals surface area contributed by atoms with Crippen LogP contribution in [0.25, 0.3) is 22.0 Å². The first kappa shape index (κ1) is 19.4. The molecule has 0 aliphatic carbocycles. The Labute approximate surface area is 175 Å². The maximum Gasteiger partial charge on any atom is 0.455 e. The van der Waals surface area contributed by atoms with Crippen LogP contribution in [0.1, 0.15) is 11.1 Å². The lowest BCUT2D eigenvalue weighted by Gasteiger charge is -2.35. The predicted octanol–water partition coefficient (Wildman–Crippen LogP) is 6.44. The summed E-state index contributed by atoms with van der Waals surface area (Å²) in [6.45, 7) is 1.79. The van der Waals surface area contributed by atoms with Crippen molar-refractivity contribution >= 4 is 17.2 Å². The number of aliphatic imine (C=N–C) groups is 1. The van der Waals surface area contributed by atoms with Crippen LogP contribution in [-0.4, -0.2) is 17.1 Å². The normalized spacial score (nSPS) is 18.1. The van der Waals surface area contributed by atoms with Crippen molar-refractivity contribution < 1.29 is 22.3 Å². The molecule has 0 spiro atoms. The van der Waals surface area contributed by atoms with E-state index >= 15 is 0 Å². The molecule has 0 radical (unpaired) electrons. The predicted molar refractivity (Wildman–Crippen MR) is 111 cm³/mol. The Bertz CT molecular complexity index is 1310. The molecule has 31 heavy (non-hydrogen) atoms. The molecular formula is C24H16F4N2O. The molecule has 0 N–H and O–H groups in total. The molecule has 7 heteroatoms. The van der Waals surface area contributed by atoms with Crippen LogP contribution in [0.3, 0.4) is 0 Å². The van der Waals surface area contributed by atoms with Crippen molar-refractivity contribution in [1.29, 1.82) is 0 Å². The lowest BCUT2D eigenvalue weighted by Crippen LogP contribution is -2.48. The maximum absolute atomic E-state index is 14.4. The first-order valence-corrected chi connectivity index (χ1v) is 9.57. The average Bonchev–Trinajstić information content (AvgIpc) is 3.06. The van der Waals surface area contributed by atoms with Crippen LogP contribution >= 0.6 is 0 Å². The van der Waals surface area contributed by atoms with Gasteiger partial charge in [-0.3, -0.25) is 4.57 Å². The summed E-state index contributed by atoms with van der Waals surface area (Å²) in [6, 6.07) is 18.9. The number of alkyl halides is 3. The Hall–Kier alpha value is -3.61. The van der Waals surface area contributed by atoms with Crippen molar-refractivity contribution in [1.82, 2.24) is 4.57 Å². The van der Waals surface area contributed by atoms with E-state index in [1.807, 2.05) is 6.07 Å². The van der Waals surface area contributed by atoms with Gasteiger partial charge in [-0.15, -0.1) is 0 Å². The zero-order chi connectivity index (χ0) is 21.8. The van der Waals surface area contributed by atoms with Gasteiger partial charge in [-0.1, -0.05) is 60.2 Å². The quantitative estimate of drug-likeness (QED) is 0.340. The van der Waals surface area contributed by atoms with Gasteiger partial charge in [0.25, 0.3) is 0 Å². The van der Waals surface area contributed by atoms with Crippen LogP contribution < -0.4 is 4.74 Å². The molecule has 1 aliphatic heterocycles. The Morgan fingerprint density at radius 2 is 1.65 bits per heavy atom. The number of hydrogen-bond donors (Lipinski definition) is 0. The van der Waals surface area contributed by atoms with E-state index in [4.69, 9.17) is 4.74 Å². The number of aryl methyl sites for hydroxylation is 1. The molecule has 0 saturated heterocycles. The van der Waals surface area contributed by atoms with Gasteiger partial charge in [-0.05, 0) is 30.7 Å². The smallest absolute Gasteiger partial charge is 0.436 e. The Morgan fingerprint density at radius 1 is 0.935 bits per heavy atom. The highest BCUT2D eigenvalue weighted by Gasteiger charge is 2.61. The molecule has 1 atom stereocenters. The third-order valence-corrected chi connectivity index (χ3v) is 5.41. The third-order valence-electron chi connectivity index (χ3n) is 5.41. The molecule has 2 heterocycles. The van der Waals surface area contributed by atoms with Gasteiger partial charge in [0.2, 0.25) is 5.88 Å². The molecule has 3 aromatic carbocycles. The van der Waals surface area contributed by atoms with Gasteiger partial charge in [-0.25, -0.2) is 9.38 Å². The SMILES string of the molecule is Cc1ccc(C2(C(F)(F)F)N=Cn3c(c(-c4ccccc4)c4ccc(F)cc43)O2)cc1. The molecular weight excluding hydrogens is 408 g/mol. The first-order chi connectivity index (χ1) is 14.8. The fourth-order valence-corrected chi connectivity index (χ4v) is 3.87. The second kappa shape index (κ2) is 6.70. The fourth-order valence-electron chi connectivity index (χ4n) is 3.87. The standard InChI is InChI=1S/C24H16F4N2O/c1-15-7-9-17(10-8-15)23(24(26,27)28)29-14-30-20-13-18(25)11-12-19(20)21(22(30)31-23)16-5-3-2-4-6-16/h2-14H,1H3. The van der Waals surface area contributed by atoms with Crippen LogP contribution in [0.4, 0.5) is 17.6 Å². The van der Waals surface area contributed by atoms with E-state index in [0.717, 1.165) is 11.9 Å². The van der Waals surface area contributed by atoms with Crippen LogP contribution in [0, 0.1) is 12.7 Å². The highest BCUT2D eigenvalue weighted by atomic mass is 19.4. The van der Waals surface area contributed by atoms with Gasteiger partial charge in [0.15, 0.2) is 0 Å². The Morgan fingerprint density at radius 3 is 2.32 bits per heavy atom. The molecule has 1 aromatic heterocycles. The van der Waals surface area contributed by atoms with Gasteiger partial charge >= 0.3 is 11.9 Å². The molecule has 156 valence electrons. The lowest BCUT2D eigenvalue weighted by atomic mass is 10.00. The largest absolute Gasteiger partial charge is 0.455 e. The number of benzene rings is 3. The lowest BCUT2D eigenvalue weighted by molar-refractivity contribution is -0.253. The number of ether oxygens (including phenoxy) is 1. The molecule has 0 fully saturated rings. The van der Waals surface area contributed by atoms with Gasteiger partial charge in [0.05, 0.1) is 11.1 Å². The highest BCUT2D eigenvalue weighted by molar-refractivity contribution is 6.03. The fraction of sp³-hybridized carbons (Fsp3) is 0.125. The topological polar surface area (TPSA) is 26.5 Å². The van der Waals surface area contributed by atoms with E-state index in [1.165, 1.54) is 34.9 Å². The second-order valence-corrected chi connectivity index (χ2v) is 7.43. The second-order valence-electron chi connectivity index (χ2n) is 7.43. The summed E-state index contributed by atoms with van der Waals surface area (Å²) < 4.78 is 64.3. The van der Waals surface area contributed by atoms with E-state index in [0.29, 0.717) is 22.0 Å². The number of halogens is 4. The van der Waals surface area contributed by atoms with Crippen LogP contribution in [-0.2, 0) is 5.72 Å². The zero-order valence-corrected chi connectivity index (χ0v) is 16.3. The summed E-state index contributed by atoms with van der Waals surface area (Å²) in [5.74, 6) is -0.549. The van der Waals surface area contributed by atoms with Crippen LogP contribution in [0.2, 0.25) is 0 Å². The molecule has 0 amide bonds. The summed E-state index contributed by atoms with van der Waals surface area (Å²) >= 11 is 0. The summed E-state index contributed by atoms with van der Waals surface area (Å²) in [5, 5.41) is 0.566. The van der Waals surface area contributed by atoms with Crippen molar-refractivity contribution in [2.24, 2.45) is 4.99 Å². The molecule has 3 nitrogen and oxygen atoms in total. The van der Waals surface area contributed by atoms with Crippen molar-refractivity contribution in [3.8, 4) is 17.0 Å². The van der Waals surface area contributed by atoms with E-state index in [2.05, 4.69) is 4.99 Å². The summed E-state index contributed by atoms with van der Waals surface area (Å²) in [7, 11) is 0. The number of hydrogen-bond acceptors (Lipinski definition) is 2. The molecule has 4 aromatic rings. The number of aromatic nitrogens is 1. The molecule has 1 aliphatic rings. The Balaban J connectivity index is 1.81. The van der Waals surface area contributed by atoms with E-state index in [-0.39, 0.29) is 11.4 Å². The maximum atomic E-state index is 14.4. The Kier molecular flexibility index (Phi) is 4.18. The summed E-state index contributed by atoms with van der Waals surface area (Å²) in [6.07, 6.45) is -3.76. The summed E-state index contributed by atoms with van der Waals surface area (Å²) in [4.78, 5) is 3.83. The number of fused-ring (bicyclic) bond motifs is 3. The van der Waals surface area contributed by atoms with Crippen molar-refractivity contribution in [3.63, 3.8) is 0 Å². The minimum Gasteiger partial charge on any atom is -0.436 e. The van der Waals surface area contributed by atoms with E-state index in [1.54, 1.807) is 43.3 Å². The highest BCUT2D eigenvalue weighted by Crippen LogP contribution is 2.50. The van der Waals surface area contributed by atoms with Gasteiger partial charge in [0, 0.05) is 10.9 Å². The van der Waals surface area contributed by atoms with E-state index in [9.17, 15) is 17.6 Å². The molecule has 5 rings (SSSR count). The minimum atomic E-state index is -4.83. The van der Waals surface area contributed by atoms with Crippen LogP contribution in [0.5, 0.6) is 5.88 Å². The first-order valence-electron chi connectivity index (χ1n) is 9.57. The van der Waals surface area contributed by atoms with Gasteiger partial charge < -0.3 is 4.74 Å². The third kappa shape index (κ3) is 2.91. The monoisotopic (exact) mass is 424 g/mol. The van der Waals surface area contributed by atoms with Gasteiger partial charge in [-0.2, -0.15) is 13.2 Å². The number of nitrogens with zero attached hydrogens (tertiary/aromatic N) is 2. The van der Waals surface area contributed by atoms with Crippen molar-refractivity contribution in [3.05, 3.63) is 89.7 Å². The summed E-state index contributed by atoms with van der Waals surface area (Å²) in [5.41, 5.74) is -0.755. The van der Waals surface area contributed by atoms with Gasteiger partial charge in [0.1, 0.15) is 12.2 Å². The molecule has 1 unspecified atom stereocenters. The zero-order valence-electron chi connectivity index (χ0n) is 16.3. The minimum absolute atomic E-state index is 0.0419. The molecule has 0 saturated carbocycles. The van der Waals surface area contributed by atoms with Crippen molar-refractivity contribution in [2.75, 3.05) is 0 Å². The van der Waals surface area contributed by atoms with E-state index < -0.39 is 17.7 Å². The van der Waals surface area contributed by atoms with Crippen molar-refractivity contribution in [2.45, 2.75) is 18.8 Å². The number of rotatable bonds is 2. The van der Waals surface area contributed by atoms with Crippen LogP contribution in [0.15, 0.2) is 77.8 Å². The average molecular weight is 424 g/mol.